The number of methoxy groups -OCH3 is 1. The van der Waals surface area contributed by atoms with Crippen LogP contribution in [-0.4, -0.2) is 30.6 Å². The van der Waals surface area contributed by atoms with Crippen LogP contribution in [0.15, 0.2) is 5.38 Å². The average Bonchev–Trinajstić information content (AvgIpc) is 2.82. The second kappa shape index (κ2) is 10.3. The maximum absolute atomic E-state index is 11.7. The van der Waals surface area contributed by atoms with Crippen molar-refractivity contribution in [1.82, 2.24) is 10.3 Å². The van der Waals surface area contributed by atoms with E-state index < -0.39 is 0 Å². The van der Waals surface area contributed by atoms with Gasteiger partial charge in [-0.2, -0.15) is 0 Å². The summed E-state index contributed by atoms with van der Waals surface area (Å²) in [5, 5.41) is 5.79. The van der Waals surface area contributed by atoms with Gasteiger partial charge in [-0.3, -0.25) is 4.79 Å². The van der Waals surface area contributed by atoms with Gasteiger partial charge in [0.1, 0.15) is 5.01 Å². The predicted octanol–water partition coefficient (Wildman–Crippen LogP) is 2.26. The number of hydrogen-bond donors (Lipinski definition) is 2. The Balaban J connectivity index is 0. The highest BCUT2D eigenvalue weighted by Gasteiger charge is 2.17. The topological polar surface area (TPSA) is 77.2 Å². The fraction of sp³-hybridized carbons (Fsp3) is 0.692. The Hall–Kier alpha value is -0.400. The Morgan fingerprint density at radius 3 is 2.52 bits per heavy atom. The van der Waals surface area contributed by atoms with Crippen molar-refractivity contribution >= 4 is 42.1 Å². The Kier molecular flexibility index (Phi) is 11.3. The van der Waals surface area contributed by atoms with E-state index in [4.69, 9.17) is 10.5 Å². The molecule has 1 aromatic rings. The van der Waals surface area contributed by atoms with Gasteiger partial charge in [0.2, 0.25) is 5.91 Å². The van der Waals surface area contributed by atoms with E-state index in [1.165, 1.54) is 0 Å². The van der Waals surface area contributed by atoms with Gasteiger partial charge in [0, 0.05) is 24.4 Å². The molecule has 0 aromatic carbocycles. The Bertz CT molecular complexity index is 418. The molecule has 0 spiro atoms. The molecule has 0 aliphatic rings. The summed E-state index contributed by atoms with van der Waals surface area (Å²) in [5.41, 5.74) is 6.57. The third-order valence-corrected chi connectivity index (χ3v) is 3.62. The molecule has 1 amide bonds. The molecule has 0 fully saturated rings. The predicted molar refractivity (Wildman–Crippen MR) is 91.6 cm³/mol. The molecule has 21 heavy (non-hydrogen) atoms. The Labute approximate surface area is 142 Å². The monoisotopic (exact) mass is 357 g/mol. The van der Waals surface area contributed by atoms with Crippen LogP contribution in [0.25, 0.3) is 0 Å². The first kappa shape index (κ1) is 22.9. The minimum absolute atomic E-state index is 0. The molecule has 0 radical (unpaired) electrons. The van der Waals surface area contributed by atoms with E-state index in [0.29, 0.717) is 13.1 Å². The van der Waals surface area contributed by atoms with E-state index >= 15 is 0 Å². The highest BCUT2D eigenvalue weighted by Crippen LogP contribution is 2.23. The van der Waals surface area contributed by atoms with Gasteiger partial charge in [0.15, 0.2) is 0 Å². The van der Waals surface area contributed by atoms with Crippen molar-refractivity contribution in [2.45, 2.75) is 45.3 Å². The molecular weight excluding hydrogens is 333 g/mol. The lowest BCUT2D eigenvalue weighted by Crippen LogP contribution is -2.31. The first-order valence-electron chi connectivity index (χ1n) is 6.31. The van der Waals surface area contributed by atoms with E-state index in [1.54, 1.807) is 18.4 Å². The number of thiazole rings is 1. The van der Waals surface area contributed by atoms with Crippen molar-refractivity contribution in [2.24, 2.45) is 5.73 Å². The molecule has 1 aromatic heterocycles. The van der Waals surface area contributed by atoms with E-state index in [0.717, 1.165) is 10.7 Å². The summed E-state index contributed by atoms with van der Waals surface area (Å²) in [6.45, 7) is 7.16. The summed E-state index contributed by atoms with van der Waals surface area (Å²) in [4.78, 5) is 16.2. The lowest BCUT2D eigenvalue weighted by molar-refractivity contribution is -0.123. The first-order chi connectivity index (χ1) is 8.86. The maximum Gasteiger partial charge on any atom is 0.223 e. The summed E-state index contributed by atoms with van der Waals surface area (Å²) in [6.07, 6.45) is 0.0613. The van der Waals surface area contributed by atoms with Crippen LogP contribution < -0.4 is 11.1 Å². The van der Waals surface area contributed by atoms with Crippen molar-refractivity contribution in [1.29, 1.82) is 0 Å². The van der Waals surface area contributed by atoms with Crippen LogP contribution >= 0.6 is 36.2 Å². The molecule has 0 saturated heterocycles. The molecule has 1 rings (SSSR count). The van der Waals surface area contributed by atoms with Crippen LogP contribution in [0.5, 0.6) is 0 Å². The van der Waals surface area contributed by atoms with E-state index in [1.807, 2.05) is 5.38 Å². The third-order valence-electron chi connectivity index (χ3n) is 2.77. The van der Waals surface area contributed by atoms with Crippen LogP contribution in [0.1, 0.15) is 37.9 Å². The SMILES string of the molecule is COC(CN)CC(=O)NCc1nc(C(C)(C)C)cs1.Cl.Cl. The first-order valence-corrected chi connectivity index (χ1v) is 7.19. The van der Waals surface area contributed by atoms with Crippen molar-refractivity contribution < 1.29 is 9.53 Å². The molecule has 1 atom stereocenters. The number of carbonyl (C=O) groups is 1. The smallest absolute Gasteiger partial charge is 0.223 e. The number of ether oxygens (including phenoxy) is 1. The highest BCUT2D eigenvalue weighted by atomic mass is 35.5. The van der Waals surface area contributed by atoms with E-state index in [9.17, 15) is 4.79 Å². The standard InChI is InChI=1S/C13H23N3O2S.2ClH/c1-13(2,3)10-8-19-12(16-10)7-15-11(17)5-9(6-14)18-4;;/h8-9H,5-7,14H2,1-4H3,(H,15,17);2*1H. The number of nitrogens with zero attached hydrogens (tertiary/aromatic N) is 1. The molecule has 0 saturated carbocycles. The number of rotatable bonds is 6. The van der Waals surface area contributed by atoms with Crippen molar-refractivity contribution in [3.63, 3.8) is 0 Å². The number of hydrogen-bond acceptors (Lipinski definition) is 5. The molecular formula is C13H25Cl2N3O2S. The maximum atomic E-state index is 11.7. The van der Waals surface area contributed by atoms with Crippen molar-refractivity contribution in [3.8, 4) is 0 Å². The normalized spacial score (nSPS) is 12.0. The summed E-state index contributed by atoms with van der Waals surface area (Å²) >= 11 is 1.57. The molecule has 124 valence electrons. The van der Waals surface area contributed by atoms with Gasteiger partial charge in [-0.25, -0.2) is 4.98 Å². The van der Waals surface area contributed by atoms with Gasteiger partial charge in [0.05, 0.1) is 24.8 Å². The third kappa shape index (κ3) is 7.97. The molecule has 8 heteroatoms. The number of aromatic nitrogens is 1. The molecule has 0 aliphatic carbocycles. The van der Waals surface area contributed by atoms with E-state index in [2.05, 4.69) is 31.1 Å². The molecule has 1 unspecified atom stereocenters. The number of amides is 1. The van der Waals surface area contributed by atoms with Gasteiger partial charge in [-0.05, 0) is 0 Å². The summed E-state index contributed by atoms with van der Waals surface area (Å²) in [7, 11) is 1.56. The minimum Gasteiger partial charge on any atom is -0.380 e. The summed E-state index contributed by atoms with van der Waals surface area (Å²) in [6, 6.07) is 0. The Morgan fingerprint density at radius 1 is 1.48 bits per heavy atom. The fourth-order valence-corrected chi connectivity index (χ4v) is 2.41. The average molecular weight is 358 g/mol. The van der Waals surface area contributed by atoms with Gasteiger partial charge in [-0.15, -0.1) is 36.2 Å². The zero-order valence-corrected chi connectivity index (χ0v) is 15.3. The lowest BCUT2D eigenvalue weighted by atomic mass is 9.93. The number of nitrogens with two attached hydrogens (primary N) is 1. The van der Waals surface area contributed by atoms with Crippen LogP contribution in [0.4, 0.5) is 0 Å². The zero-order valence-electron chi connectivity index (χ0n) is 12.8. The lowest BCUT2D eigenvalue weighted by Gasteiger charge is -2.14. The highest BCUT2D eigenvalue weighted by molar-refractivity contribution is 7.09. The number of halogens is 2. The van der Waals surface area contributed by atoms with Gasteiger partial charge >= 0.3 is 0 Å². The largest absolute Gasteiger partial charge is 0.380 e. The van der Waals surface area contributed by atoms with Crippen LogP contribution in [-0.2, 0) is 21.5 Å². The number of nitrogens with one attached hydrogen (secondary N) is 1. The van der Waals surface area contributed by atoms with E-state index in [-0.39, 0.29) is 48.7 Å². The van der Waals surface area contributed by atoms with Crippen molar-refractivity contribution in [2.75, 3.05) is 13.7 Å². The van der Waals surface area contributed by atoms with Gasteiger partial charge < -0.3 is 15.8 Å². The molecule has 0 bridgehead atoms. The van der Waals surface area contributed by atoms with Crippen LogP contribution in [0, 0.1) is 0 Å². The summed E-state index contributed by atoms with van der Waals surface area (Å²) in [5.74, 6) is -0.0650. The Morgan fingerprint density at radius 2 is 2.10 bits per heavy atom. The second-order valence-corrected chi connectivity index (χ2v) is 6.39. The minimum atomic E-state index is -0.221. The quantitative estimate of drug-likeness (QED) is 0.818. The molecule has 3 N–H and O–H groups in total. The zero-order chi connectivity index (χ0) is 14.5. The number of carbonyl (C=O) groups excluding carboxylic acids is 1. The van der Waals surface area contributed by atoms with Crippen LogP contribution in [0.3, 0.4) is 0 Å². The molecule has 1 heterocycles. The molecule has 0 aliphatic heterocycles. The fourth-order valence-electron chi connectivity index (χ4n) is 1.45. The van der Waals surface area contributed by atoms with Gasteiger partial charge in [0.25, 0.3) is 0 Å². The second-order valence-electron chi connectivity index (χ2n) is 5.45. The molecule has 5 nitrogen and oxygen atoms in total. The van der Waals surface area contributed by atoms with Gasteiger partial charge in [-0.1, -0.05) is 20.8 Å². The van der Waals surface area contributed by atoms with Crippen molar-refractivity contribution in [3.05, 3.63) is 16.1 Å². The summed E-state index contributed by atoms with van der Waals surface area (Å²) < 4.78 is 5.07. The van der Waals surface area contributed by atoms with Crippen LogP contribution in [0.2, 0.25) is 0 Å².